The van der Waals surface area contributed by atoms with E-state index >= 15 is 0 Å². The van der Waals surface area contributed by atoms with Crippen molar-refractivity contribution in [3.63, 3.8) is 0 Å². The molecule has 1 aromatic carbocycles. The molecule has 0 heterocycles. The van der Waals surface area contributed by atoms with E-state index in [1.165, 1.54) is 12.5 Å². The van der Waals surface area contributed by atoms with Crippen LogP contribution in [0.4, 0.5) is 0 Å². The first-order valence-electron chi connectivity index (χ1n) is 12.0. The van der Waals surface area contributed by atoms with Gasteiger partial charge in [0.2, 0.25) is 0 Å². The summed E-state index contributed by atoms with van der Waals surface area (Å²) in [6.45, 7) is 22.4. The molecule has 33 heavy (non-hydrogen) atoms. The summed E-state index contributed by atoms with van der Waals surface area (Å²) in [5.41, 5.74) is 1.10. The molecule has 0 aromatic heterocycles. The van der Waals surface area contributed by atoms with Crippen LogP contribution in [-0.2, 0) is 30.0 Å². The quantitative estimate of drug-likeness (QED) is 0.0942. The predicted molar refractivity (Wildman–Crippen MR) is 140 cm³/mol. The largest absolute Gasteiger partial charge is 0.423 e. The Bertz CT molecular complexity index is 807. The Morgan fingerprint density at radius 1 is 0.970 bits per heavy atom. The van der Waals surface area contributed by atoms with E-state index in [0.717, 1.165) is 36.0 Å². The zero-order valence-corrected chi connectivity index (χ0v) is 23.0. The summed E-state index contributed by atoms with van der Waals surface area (Å²) in [6.07, 6.45) is 6.12. The monoisotopic (exact) mass is 476 g/mol. The van der Waals surface area contributed by atoms with Crippen molar-refractivity contribution in [1.82, 2.24) is 0 Å². The molecule has 0 aliphatic carbocycles. The second-order valence-electron chi connectivity index (χ2n) is 11.7. The number of hydrogen-bond donors (Lipinski definition) is 1. The van der Waals surface area contributed by atoms with Crippen LogP contribution in [0.2, 0.25) is 0 Å². The average molecular weight is 477 g/mol. The highest BCUT2D eigenvalue weighted by Gasteiger charge is 2.39. The van der Waals surface area contributed by atoms with Gasteiger partial charge in [0, 0.05) is 30.1 Å². The molecule has 186 valence electrons. The molecule has 0 aliphatic rings. The van der Waals surface area contributed by atoms with Crippen molar-refractivity contribution in [2.24, 2.45) is 5.92 Å². The molecule has 0 amide bonds. The van der Waals surface area contributed by atoms with E-state index in [1.54, 1.807) is 0 Å². The first-order chi connectivity index (χ1) is 15.1. The lowest BCUT2D eigenvalue weighted by molar-refractivity contribution is -0.139. The van der Waals surface area contributed by atoms with Crippen LogP contribution in [0.15, 0.2) is 24.8 Å². The topological polar surface area (TPSA) is 52.6 Å². The number of unbranched alkanes of at least 4 members (excludes halogenated alkanes) is 2. The predicted octanol–water partition coefficient (Wildman–Crippen LogP) is 7.63. The van der Waals surface area contributed by atoms with Crippen molar-refractivity contribution >= 4 is 24.8 Å². The summed E-state index contributed by atoms with van der Waals surface area (Å²) in [5.74, 6) is 0.349. The van der Waals surface area contributed by atoms with Crippen LogP contribution in [0, 0.1) is 5.92 Å². The lowest BCUT2D eigenvalue weighted by Crippen LogP contribution is -2.34. The van der Waals surface area contributed by atoms with Gasteiger partial charge in [0.1, 0.15) is 5.75 Å². The van der Waals surface area contributed by atoms with E-state index in [9.17, 15) is 9.59 Å². The first-order valence-corrected chi connectivity index (χ1v) is 12.3. The van der Waals surface area contributed by atoms with Crippen LogP contribution in [0.25, 0.3) is 0 Å². The molecule has 5 heteroatoms. The number of thiol groups is 1. The van der Waals surface area contributed by atoms with Crippen molar-refractivity contribution in [2.75, 3.05) is 0 Å². The highest BCUT2D eigenvalue weighted by Crippen LogP contribution is 2.44. The van der Waals surface area contributed by atoms with E-state index in [0.29, 0.717) is 18.1 Å². The van der Waals surface area contributed by atoms with E-state index in [1.807, 2.05) is 19.1 Å². The maximum Gasteiger partial charge on any atom is 0.335 e. The van der Waals surface area contributed by atoms with Crippen LogP contribution >= 0.6 is 12.9 Å². The fraction of sp³-hybridized carbons (Fsp3) is 0.643. The second kappa shape index (κ2) is 11.6. The van der Waals surface area contributed by atoms with Crippen molar-refractivity contribution < 1.29 is 18.5 Å². The zero-order chi connectivity index (χ0) is 25.6. The summed E-state index contributed by atoms with van der Waals surface area (Å²) in [6, 6.07) is 4.00. The van der Waals surface area contributed by atoms with Gasteiger partial charge in [0.15, 0.2) is 0 Å². The molecule has 0 saturated heterocycles. The number of carbonyl (C=O) groups excluding carboxylic acids is 2. The lowest BCUT2D eigenvalue weighted by atomic mass is 9.72. The van der Waals surface area contributed by atoms with Crippen molar-refractivity contribution in [3.05, 3.63) is 41.5 Å². The lowest BCUT2D eigenvalue weighted by Gasteiger charge is -2.34. The van der Waals surface area contributed by atoms with Gasteiger partial charge in [-0.15, -0.1) is 0 Å². The number of ether oxygens (including phenoxy) is 1. The fourth-order valence-corrected chi connectivity index (χ4v) is 4.19. The Balaban J connectivity index is 3.66. The average Bonchev–Trinajstić information content (AvgIpc) is 2.70. The summed E-state index contributed by atoms with van der Waals surface area (Å²) in [7, 11) is 0. The zero-order valence-electron chi connectivity index (χ0n) is 22.1. The fourth-order valence-electron chi connectivity index (χ4n) is 3.99. The minimum atomic E-state index is -0.861. The second-order valence-corrected chi connectivity index (χ2v) is 11.9. The van der Waals surface area contributed by atoms with Gasteiger partial charge in [-0.1, -0.05) is 99.8 Å². The maximum absolute atomic E-state index is 13.0. The molecule has 4 nitrogen and oxygen atoms in total. The number of hydrogen-bond acceptors (Lipinski definition) is 5. The molecular weight excluding hydrogens is 432 g/mol. The van der Waals surface area contributed by atoms with E-state index in [2.05, 4.69) is 74.9 Å². The first kappa shape index (κ1) is 29.3. The Morgan fingerprint density at radius 3 is 1.88 bits per heavy atom. The molecule has 0 spiro atoms. The van der Waals surface area contributed by atoms with Crippen molar-refractivity contribution in [3.8, 4) is 5.75 Å². The van der Waals surface area contributed by atoms with Crippen LogP contribution in [0.1, 0.15) is 111 Å². The van der Waals surface area contributed by atoms with Gasteiger partial charge in [0.25, 0.3) is 0 Å². The Hall–Kier alpha value is -1.75. The van der Waals surface area contributed by atoms with Crippen LogP contribution < -0.4 is 4.74 Å². The van der Waals surface area contributed by atoms with Gasteiger partial charge >= 0.3 is 11.9 Å². The standard InChI is InChI=1S/C28H44O4S/c1-11-23(29)31-24-21(26(4,5)6)17-20(18-22(24)27(7,8)9)28(10,25(30)32-33)16-14-12-13-15-19(2)3/h11,17-19,33H,1,12-16H2,2-10H3. The third kappa shape index (κ3) is 7.91. The van der Waals surface area contributed by atoms with Crippen molar-refractivity contribution in [1.29, 1.82) is 0 Å². The van der Waals surface area contributed by atoms with Crippen molar-refractivity contribution in [2.45, 2.75) is 111 Å². The molecule has 1 aromatic rings. The molecule has 0 N–H and O–H groups in total. The van der Waals surface area contributed by atoms with E-state index < -0.39 is 11.4 Å². The number of esters is 1. The van der Waals surface area contributed by atoms with Gasteiger partial charge < -0.3 is 8.92 Å². The molecule has 0 saturated carbocycles. The molecule has 1 atom stereocenters. The highest BCUT2D eigenvalue weighted by molar-refractivity contribution is 7.75. The number of benzene rings is 1. The van der Waals surface area contributed by atoms with Crippen LogP contribution in [0.5, 0.6) is 5.75 Å². The Morgan fingerprint density at radius 2 is 1.48 bits per heavy atom. The molecular formula is C28H44O4S. The minimum absolute atomic E-state index is 0.324. The van der Waals surface area contributed by atoms with Gasteiger partial charge in [-0.2, -0.15) is 0 Å². The smallest absolute Gasteiger partial charge is 0.335 e. The third-order valence-corrected chi connectivity index (χ3v) is 6.37. The molecule has 0 radical (unpaired) electrons. The minimum Gasteiger partial charge on any atom is -0.423 e. The summed E-state index contributed by atoms with van der Waals surface area (Å²) >= 11 is 3.86. The van der Waals surface area contributed by atoms with Gasteiger partial charge in [-0.25, -0.2) is 4.79 Å². The van der Waals surface area contributed by atoms with Gasteiger partial charge in [0.05, 0.1) is 5.41 Å². The molecule has 0 bridgehead atoms. The van der Waals surface area contributed by atoms with Crippen LogP contribution in [-0.4, -0.2) is 11.9 Å². The number of rotatable bonds is 10. The molecule has 0 fully saturated rings. The van der Waals surface area contributed by atoms with Crippen LogP contribution in [0.3, 0.4) is 0 Å². The summed E-state index contributed by atoms with van der Waals surface area (Å²) in [4.78, 5) is 25.2. The summed E-state index contributed by atoms with van der Waals surface area (Å²) < 4.78 is 10.8. The van der Waals surface area contributed by atoms with E-state index in [4.69, 9.17) is 8.92 Å². The van der Waals surface area contributed by atoms with E-state index in [-0.39, 0.29) is 16.8 Å². The highest BCUT2D eigenvalue weighted by atomic mass is 32.1. The SMILES string of the molecule is C=CC(=O)Oc1c(C(C)(C)C)cc(C(C)(CCCCCC(C)C)C(=O)OS)cc1C(C)(C)C. The molecule has 1 rings (SSSR count). The third-order valence-electron chi connectivity index (χ3n) is 6.20. The van der Waals surface area contributed by atoms with Gasteiger partial charge in [-0.3, -0.25) is 4.79 Å². The normalized spacial score (nSPS) is 14.0. The molecule has 0 aliphatic heterocycles. The Kier molecular flexibility index (Phi) is 10.3. The van der Waals surface area contributed by atoms with Gasteiger partial charge in [-0.05, 0) is 35.7 Å². The molecule has 1 unspecified atom stereocenters. The Labute approximate surface area is 207 Å². The summed E-state index contributed by atoms with van der Waals surface area (Å²) in [5, 5.41) is 0. The number of carbonyl (C=O) groups is 2. The maximum atomic E-state index is 13.0.